The maximum absolute atomic E-state index is 9.16. The van der Waals surface area contributed by atoms with Gasteiger partial charge in [-0.15, -0.1) is 0 Å². The van der Waals surface area contributed by atoms with E-state index in [1.165, 1.54) is 6.20 Å². The molecule has 0 spiro atoms. The van der Waals surface area contributed by atoms with Gasteiger partial charge in [-0.25, -0.2) is 4.98 Å². The average molecular weight is 299 g/mol. The van der Waals surface area contributed by atoms with Crippen LogP contribution in [0.2, 0.25) is 5.02 Å². The van der Waals surface area contributed by atoms with E-state index in [0.29, 0.717) is 22.2 Å². The van der Waals surface area contributed by atoms with Gasteiger partial charge in [-0.3, -0.25) is 9.38 Å². The number of imidazole rings is 1. The predicted molar refractivity (Wildman–Crippen MR) is 78.2 cm³/mol. The SMILES string of the molecule is C[C@@H](Oc1cc(Cl)cc2ncc(C#N)n12)c1ccccn1. The third-order valence-electron chi connectivity index (χ3n) is 3.05. The number of nitriles is 1. The van der Waals surface area contributed by atoms with Gasteiger partial charge < -0.3 is 4.74 Å². The summed E-state index contributed by atoms with van der Waals surface area (Å²) in [6, 6.07) is 11.1. The summed E-state index contributed by atoms with van der Waals surface area (Å²) in [5, 5.41) is 9.66. The highest BCUT2D eigenvalue weighted by molar-refractivity contribution is 6.31. The Balaban J connectivity index is 2.04. The second-order valence-electron chi connectivity index (χ2n) is 4.48. The lowest BCUT2D eigenvalue weighted by molar-refractivity contribution is 0.210. The van der Waals surface area contributed by atoms with Crippen molar-refractivity contribution in [3.05, 3.63) is 59.1 Å². The fourth-order valence-corrected chi connectivity index (χ4v) is 2.26. The molecule has 0 N–H and O–H groups in total. The number of fused-ring (bicyclic) bond motifs is 1. The molecule has 0 aliphatic carbocycles. The maximum Gasteiger partial charge on any atom is 0.202 e. The fourth-order valence-electron chi connectivity index (χ4n) is 2.07. The number of ether oxygens (including phenoxy) is 1. The van der Waals surface area contributed by atoms with E-state index in [-0.39, 0.29) is 6.10 Å². The number of rotatable bonds is 3. The summed E-state index contributed by atoms with van der Waals surface area (Å²) in [6.45, 7) is 1.89. The van der Waals surface area contributed by atoms with Crippen molar-refractivity contribution < 1.29 is 4.74 Å². The summed E-state index contributed by atoms with van der Waals surface area (Å²) in [4.78, 5) is 8.41. The number of pyridine rings is 2. The summed E-state index contributed by atoms with van der Waals surface area (Å²) in [7, 11) is 0. The van der Waals surface area contributed by atoms with Crippen LogP contribution in [0.1, 0.15) is 24.4 Å². The Morgan fingerprint density at radius 3 is 2.90 bits per heavy atom. The molecule has 1 atom stereocenters. The Hall–Kier alpha value is -2.58. The molecule has 0 aliphatic rings. The van der Waals surface area contributed by atoms with Crippen LogP contribution in [-0.2, 0) is 0 Å². The molecular weight excluding hydrogens is 288 g/mol. The van der Waals surface area contributed by atoms with Crippen LogP contribution in [-0.4, -0.2) is 14.4 Å². The molecule has 6 heteroatoms. The van der Waals surface area contributed by atoms with Crippen molar-refractivity contribution in [2.24, 2.45) is 0 Å². The van der Waals surface area contributed by atoms with Crippen LogP contribution < -0.4 is 4.74 Å². The smallest absolute Gasteiger partial charge is 0.202 e. The maximum atomic E-state index is 9.16. The molecular formula is C15H11ClN4O. The zero-order valence-electron chi connectivity index (χ0n) is 11.2. The van der Waals surface area contributed by atoms with Crippen LogP contribution in [0.3, 0.4) is 0 Å². The molecule has 3 rings (SSSR count). The van der Waals surface area contributed by atoms with E-state index in [1.54, 1.807) is 22.7 Å². The first kappa shape index (κ1) is 13.4. The van der Waals surface area contributed by atoms with Gasteiger partial charge in [-0.2, -0.15) is 5.26 Å². The Labute approximate surface area is 126 Å². The second-order valence-corrected chi connectivity index (χ2v) is 4.91. The van der Waals surface area contributed by atoms with E-state index in [1.807, 2.05) is 25.1 Å². The van der Waals surface area contributed by atoms with Gasteiger partial charge in [0.05, 0.1) is 11.9 Å². The Morgan fingerprint density at radius 2 is 2.19 bits per heavy atom. The van der Waals surface area contributed by atoms with Gasteiger partial charge in [0.15, 0.2) is 0 Å². The van der Waals surface area contributed by atoms with Crippen molar-refractivity contribution in [1.29, 1.82) is 5.26 Å². The van der Waals surface area contributed by atoms with Crippen LogP contribution in [0.25, 0.3) is 5.65 Å². The van der Waals surface area contributed by atoms with Gasteiger partial charge in [0, 0.05) is 23.4 Å². The average Bonchev–Trinajstić information content (AvgIpc) is 2.91. The van der Waals surface area contributed by atoms with Gasteiger partial charge in [-0.1, -0.05) is 17.7 Å². The molecule has 21 heavy (non-hydrogen) atoms. The summed E-state index contributed by atoms with van der Waals surface area (Å²) in [5.74, 6) is 0.463. The zero-order valence-corrected chi connectivity index (χ0v) is 11.9. The number of hydrogen-bond acceptors (Lipinski definition) is 4. The monoisotopic (exact) mass is 298 g/mol. The van der Waals surface area contributed by atoms with Crippen molar-refractivity contribution in [2.45, 2.75) is 13.0 Å². The number of aromatic nitrogens is 3. The molecule has 0 fully saturated rings. The molecule has 3 aromatic heterocycles. The van der Waals surface area contributed by atoms with Crippen molar-refractivity contribution in [3.8, 4) is 11.9 Å². The van der Waals surface area contributed by atoms with Crippen LogP contribution in [0.15, 0.2) is 42.7 Å². The van der Waals surface area contributed by atoms with Gasteiger partial charge >= 0.3 is 0 Å². The standard InChI is InChI=1S/C15H11ClN4O/c1-10(13-4-2-3-5-18-13)21-15-7-11(16)6-14-19-9-12(8-17)20(14)15/h2-7,9-10H,1H3/t10-/m1/s1. The Kier molecular flexibility index (Phi) is 3.46. The Morgan fingerprint density at radius 1 is 1.33 bits per heavy atom. The van der Waals surface area contributed by atoms with E-state index >= 15 is 0 Å². The molecule has 3 aromatic rings. The van der Waals surface area contributed by atoms with E-state index in [2.05, 4.69) is 16.0 Å². The third kappa shape index (κ3) is 2.54. The molecule has 0 amide bonds. The quantitative estimate of drug-likeness (QED) is 0.743. The third-order valence-corrected chi connectivity index (χ3v) is 3.27. The molecule has 0 radical (unpaired) electrons. The lowest BCUT2D eigenvalue weighted by Crippen LogP contribution is -2.08. The number of hydrogen-bond donors (Lipinski definition) is 0. The van der Waals surface area contributed by atoms with Gasteiger partial charge in [0.1, 0.15) is 23.5 Å². The van der Waals surface area contributed by atoms with E-state index < -0.39 is 0 Å². The highest BCUT2D eigenvalue weighted by Gasteiger charge is 2.14. The minimum atomic E-state index is -0.276. The summed E-state index contributed by atoms with van der Waals surface area (Å²) in [5.41, 5.74) is 1.76. The molecule has 0 aromatic carbocycles. The van der Waals surface area contributed by atoms with Gasteiger partial charge in [0.2, 0.25) is 5.88 Å². The molecule has 0 saturated carbocycles. The van der Waals surface area contributed by atoms with Crippen molar-refractivity contribution in [1.82, 2.24) is 14.4 Å². The second kappa shape index (κ2) is 5.43. The summed E-state index contributed by atoms with van der Waals surface area (Å²) >= 11 is 6.07. The predicted octanol–water partition coefficient (Wildman–Crippen LogP) is 3.39. The normalized spacial score (nSPS) is 12.0. The number of nitrogens with zero attached hydrogens (tertiary/aromatic N) is 4. The fraction of sp³-hybridized carbons (Fsp3) is 0.133. The largest absolute Gasteiger partial charge is 0.469 e. The van der Waals surface area contributed by atoms with Crippen molar-refractivity contribution in [3.63, 3.8) is 0 Å². The molecule has 5 nitrogen and oxygen atoms in total. The highest BCUT2D eigenvalue weighted by Crippen LogP contribution is 2.26. The van der Waals surface area contributed by atoms with Crippen molar-refractivity contribution in [2.75, 3.05) is 0 Å². The van der Waals surface area contributed by atoms with Crippen molar-refractivity contribution >= 4 is 17.2 Å². The van der Waals surface area contributed by atoms with Crippen LogP contribution >= 0.6 is 11.6 Å². The highest BCUT2D eigenvalue weighted by atomic mass is 35.5. The zero-order chi connectivity index (χ0) is 14.8. The summed E-state index contributed by atoms with van der Waals surface area (Å²) < 4.78 is 7.55. The van der Waals surface area contributed by atoms with E-state index in [0.717, 1.165) is 5.69 Å². The minimum Gasteiger partial charge on any atom is -0.469 e. The lowest BCUT2D eigenvalue weighted by atomic mass is 10.2. The van der Waals surface area contributed by atoms with E-state index in [4.69, 9.17) is 21.6 Å². The van der Waals surface area contributed by atoms with E-state index in [9.17, 15) is 0 Å². The van der Waals surface area contributed by atoms with Crippen LogP contribution in [0, 0.1) is 11.3 Å². The molecule has 0 unspecified atom stereocenters. The number of halogens is 1. The molecule has 104 valence electrons. The first-order chi connectivity index (χ1) is 10.2. The topological polar surface area (TPSA) is 63.2 Å². The molecule has 0 aliphatic heterocycles. The molecule has 0 bridgehead atoms. The Bertz CT molecular complexity index is 823. The first-order valence-corrected chi connectivity index (χ1v) is 6.71. The van der Waals surface area contributed by atoms with Crippen LogP contribution in [0.5, 0.6) is 5.88 Å². The van der Waals surface area contributed by atoms with Gasteiger partial charge in [-0.05, 0) is 19.1 Å². The molecule has 3 heterocycles. The van der Waals surface area contributed by atoms with Crippen LogP contribution in [0.4, 0.5) is 0 Å². The molecule has 0 saturated heterocycles. The first-order valence-electron chi connectivity index (χ1n) is 6.33. The van der Waals surface area contributed by atoms with Gasteiger partial charge in [0.25, 0.3) is 0 Å². The summed E-state index contributed by atoms with van der Waals surface area (Å²) in [6.07, 6.45) is 2.92. The minimum absolute atomic E-state index is 0.276. The lowest BCUT2D eigenvalue weighted by Gasteiger charge is -2.15.